The maximum absolute atomic E-state index is 13.4. The highest BCUT2D eigenvalue weighted by Crippen LogP contribution is 2.40. The van der Waals surface area contributed by atoms with Crippen LogP contribution in [0.1, 0.15) is 97.1 Å². The molecule has 0 fully saturated rings. The number of rotatable bonds is 15. The van der Waals surface area contributed by atoms with Crippen molar-refractivity contribution in [2.24, 2.45) is 10.9 Å². The number of amides is 2. The summed E-state index contributed by atoms with van der Waals surface area (Å²) in [5.74, 6) is 0.227. The topological polar surface area (TPSA) is 132 Å². The van der Waals surface area contributed by atoms with Gasteiger partial charge in [-0.1, -0.05) is 96.7 Å². The molecule has 3 heterocycles. The summed E-state index contributed by atoms with van der Waals surface area (Å²) in [4.78, 5) is 33.3. The van der Waals surface area contributed by atoms with Crippen LogP contribution in [0.25, 0.3) is 0 Å². The summed E-state index contributed by atoms with van der Waals surface area (Å²) in [6, 6.07) is 4.55. The number of unbranched alkanes of at least 4 members (excludes halogenated alkanes) is 9. The van der Waals surface area contributed by atoms with Crippen molar-refractivity contribution in [1.29, 1.82) is 0 Å². The molecule has 224 valence electrons. The van der Waals surface area contributed by atoms with Gasteiger partial charge < -0.3 is 10.1 Å². The Morgan fingerprint density at radius 1 is 1.10 bits per heavy atom. The Bertz CT molecular complexity index is 1370. The molecule has 1 atom stereocenters. The van der Waals surface area contributed by atoms with Gasteiger partial charge >= 0.3 is 6.09 Å². The molecule has 10 nitrogen and oxygen atoms in total. The Balaban J connectivity index is 1.32. The molecule has 0 saturated carbocycles. The molecule has 41 heavy (non-hydrogen) atoms. The zero-order valence-electron chi connectivity index (χ0n) is 24.1. The zero-order valence-corrected chi connectivity index (χ0v) is 25.8. The number of carbonyl (C=O) groups excluding carboxylic acids is 2. The van der Waals surface area contributed by atoms with Crippen LogP contribution in [-0.2, 0) is 19.6 Å². The highest BCUT2D eigenvalue weighted by Gasteiger charge is 2.36. The summed E-state index contributed by atoms with van der Waals surface area (Å²) < 4.78 is 33.1. The number of aromatic nitrogens is 2. The van der Waals surface area contributed by atoms with Gasteiger partial charge in [-0.25, -0.2) is 27.2 Å². The number of nitrogens with one attached hydrogen (secondary N) is 2. The lowest BCUT2D eigenvalue weighted by Crippen LogP contribution is -2.22. The number of thioether (sulfide) groups is 1. The lowest BCUT2D eigenvalue weighted by molar-refractivity contribution is -0.117. The molecule has 2 aliphatic heterocycles. The summed E-state index contributed by atoms with van der Waals surface area (Å²) in [6.07, 6.45) is 13.6. The number of hydrogen-bond donors (Lipinski definition) is 2. The maximum Gasteiger partial charge on any atom is 0.411 e. The van der Waals surface area contributed by atoms with E-state index in [1.54, 1.807) is 12.1 Å². The molecule has 0 radical (unpaired) electrons. The van der Waals surface area contributed by atoms with Gasteiger partial charge in [0.15, 0.2) is 5.82 Å². The van der Waals surface area contributed by atoms with Crippen molar-refractivity contribution < 1.29 is 22.7 Å². The molecular weight excluding hydrogens is 562 g/mol. The second-order valence-electron chi connectivity index (χ2n) is 11.0. The average molecular weight is 604 g/mol. The van der Waals surface area contributed by atoms with Crippen LogP contribution in [0, 0.1) is 5.92 Å². The number of hydrogen-bond acceptors (Lipinski definition) is 8. The predicted octanol–water partition coefficient (Wildman–Crippen LogP) is 7.08. The molecule has 2 aliphatic rings. The van der Waals surface area contributed by atoms with Crippen LogP contribution in [0.4, 0.5) is 22.0 Å². The number of anilines is 3. The Hall–Kier alpha value is -2.86. The molecule has 0 spiro atoms. The van der Waals surface area contributed by atoms with E-state index in [9.17, 15) is 18.0 Å². The van der Waals surface area contributed by atoms with Crippen LogP contribution in [0.2, 0.25) is 0 Å². The normalized spacial score (nSPS) is 17.1. The number of aliphatic imine (C=N–C) groups is 1. The summed E-state index contributed by atoms with van der Waals surface area (Å²) in [7, 11) is -4.00. The van der Waals surface area contributed by atoms with Gasteiger partial charge in [0.25, 0.3) is 15.9 Å². The van der Waals surface area contributed by atoms with E-state index in [4.69, 9.17) is 4.74 Å². The van der Waals surface area contributed by atoms with Gasteiger partial charge in [-0.2, -0.15) is 0 Å². The minimum atomic E-state index is -4.00. The van der Waals surface area contributed by atoms with Gasteiger partial charge in [0.2, 0.25) is 0 Å². The second kappa shape index (κ2) is 14.4. The SMILES string of the molecule is CCCCCCCCCCCCC1SC(c2ncn3c2Nc2ccc(NC(=O)OCC(C)C)cc2S3(=O)=O)=NC1=O. The molecule has 1 aromatic heterocycles. The second-order valence-corrected chi connectivity index (χ2v) is 14.0. The summed E-state index contributed by atoms with van der Waals surface area (Å²) >= 11 is 1.35. The molecule has 12 heteroatoms. The molecule has 0 saturated heterocycles. The first-order chi connectivity index (χ1) is 19.7. The zero-order chi connectivity index (χ0) is 29.4. The number of fused-ring (bicyclic) bond motifs is 2. The third-order valence-corrected chi connectivity index (χ3v) is 9.98. The van der Waals surface area contributed by atoms with E-state index in [2.05, 4.69) is 27.5 Å². The third kappa shape index (κ3) is 7.91. The monoisotopic (exact) mass is 603 g/mol. The van der Waals surface area contributed by atoms with Gasteiger partial charge in [-0.15, -0.1) is 0 Å². The van der Waals surface area contributed by atoms with Gasteiger partial charge in [0, 0.05) is 5.69 Å². The number of imidazole rings is 1. The molecule has 2 N–H and O–H groups in total. The van der Waals surface area contributed by atoms with Crippen molar-refractivity contribution in [3.63, 3.8) is 0 Å². The molecular formula is C29H41N5O5S2. The maximum atomic E-state index is 13.4. The summed E-state index contributed by atoms with van der Waals surface area (Å²) in [6.45, 7) is 6.33. The lowest BCUT2D eigenvalue weighted by atomic mass is 10.1. The third-order valence-electron chi connectivity index (χ3n) is 7.07. The largest absolute Gasteiger partial charge is 0.449 e. The van der Waals surface area contributed by atoms with Crippen LogP contribution in [-0.4, -0.2) is 46.3 Å². The Morgan fingerprint density at radius 3 is 2.46 bits per heavy atom. The van der Waals surface area contributed by atoms with Crippen molar-refractivity contribution in [3.05, 3.63) is 30.2 Å². The van der Waals surface area contributed by atoms with Crippen LogP contribution >= 0.6 is 11.8 Å². The van der Waals surface area contributed by atoms with Crippen LogP contribution in [0.3, 0.4) is 0 Å². The molecule has 0 bridgehead atoms. The number of ether oxygens (including phenoxy) is 1. The molecule has 0 aliphatic carbocycles. The average Bonchev–Trinajstić information content (AvgIpc) is 3.52. The summed E-state index contributed by atoms with van der Waals surface area (Å²) in [5.41, 5.74) is 0.975. The first-order valence-electron chi connectivity index (χ1n) is 14.7. The minimum absolute atomic E-state index is 0.00784. The van der Waals surface area contributed by atoms with Crippen molar-refractivity contribution in [2.75, 3.05) is 17.2 Å². The fourth-order valence-electron chi connectivity index (χ4n) is 4.82. The Morgan fingerprint density at radius 2 is 1.78 bits per heavy atom. The first kappa shape index (κ1) is 31.1. The molecule has 1 aromatic carbocycles. The summed E-state index contributed by atoms with van der Waals surface area (Å²) in [5, 5.41) is 5.86. The highest BCUT2D eigenvalue weighted by molar-refractivity contribution is 8.16. The smallest absolute Gasteiger partial charge is 0.411 e. The highest BCUT2D eigenvalue weighted by atomic mass is 32.2. The van der Waals surface area contributed by atoms with Crippen LogP contribution in [0.5, 0.6) is 0 Å². The fraction of sp³-hybridized carbons (Fsp3) is 0.586. The van der Waals surface area contributed by atoms with Crippen molar-refractivity contribution >= 4 is 56.0 Å². The van der Waals surface area contributed by atoms with Crippen molar-refractivity contribution in [2.45, 2.75) is 102 Å². The molecule has 2 aromatic rings. The van der Waals surface area contributed by atoms with E-state index in [-0.39, 0.29) is 34.4 Å². The van der Waals surface area contributed by atoms with Crippen LogP contribution < -0.4 is 10.6 Å². The van der Waals surface area contributed by atoms with E-state index in [1.165, 1.54) is 75.5 Å². The standard InChI is InChI=1S/C29H41N5O5S2/c1-4-5-6-7-8-9-10-11-12-13-14-23-27(35)33-28(40-23)25-26-32-22-16-15-21(31-29(36)39-18-20(2)3)17-24(22)41(37,38)34(26)19-30-25/h15-17,19-20,23,32H,4-14,18H2,1-3H3,(H,31,36). The van der Waals surface area contributed by atoms with Crippen molar-refractivity contribution in [1.82, 2.24) is 8.96 Å². The predicted molar refractivity (Wildman–Crippen MR) is 164 cm³/mol. The van der Waals surface area contributed by atoms with Gasteiger partial charge in [-0.05, 0) is 30.5 Å². The van der Waals surface area contributed by atoms with E-state index < -0.39 is 16.1 Å². The lowest BCUT2D eigenvalue weighted by Gasteiger charge is -2.22. The van der Waals surface area contributed by atoms with Crippen molar-refractivity contribution in [3.8, 4) is 0 Å². The van der Waals surface area contributed by atoms with Crippen LogP contribution in [0.15, 0.2) is 34.4 Å². The molecule has 1 unspecified atom stereocenters. The Labute approximate surface area is 247 Å². The number of nitrogens with zero attached hydrogens (tertiary/aromatic N) is 3. The molecule has 4 rings (SSSR count). The van der Waals surface area contributed by atoms with Gasteiger partial charge in [0.05, 0.1) is 17.5 Å². The number of benzene rings is 1. The minimum Gasteiger partial charge on any atom is -0.449 e. The van der Waals surface area contributed by atoms with E-state index in [0.29, 0.717) is 22.1 Å². The quantitative estimate of drug-likeness (QED) is 0.176. The molecule has 2 amide bonds. The van der Waals surface area contributed by atoms with Gasteiger partial charge in [-0.3, -0.25) is 10.1 Å². The Kier molecular flexibility index (Phi) is 10.9. The van der Waals surface area contributed by atoms with E-state index >= 15 is 0 Å². The number of carbonyl (C=O) groups is 2. The fourth-order valence-corrected chi connectivity index (χ4v) is 7.36. The first-order valence-corrected chi connectivity index (χ1v) is 17.0. The van der Waals surface area contributed by atoms with E-state index in [0.717, 1.165) is 23.2 Å². The van der Waals surface area contributed by atoms with Gasteiger partial charge in [0.1, 0.15) is 22.0 Å². The van der Waals surface area contributed by atoms with E-state index in [1.807, 2.05) is 13.8 Å².